The number of para-hydroxylation sites is 1. The van der Waals surface area contributed by atoms with Gasteiger partial charge >= 0.3 is 0 Å². The highest BCUT2D eigenvalue weighted by Gasteiger charge is 2.28. The van der Waals surface area contributed by atoms with Crippen LogP contribution in [0.25, 0.3) is 44.0 Å². The Labute approximate surface area is 432 Å². The number of piperazine rings is 1. The van der Waals surface area contributed by atoms with Gasteiger partial charge in [0.05, 0.1) is 27.1 Å². The Morgan fingerprint density at radius 1 is 0.847 bits per heavy atom. The minimum absolute atomic E-state index is 0.249. The molecule has 0 amide bonds. The summed E-state index contributed by atoms with van der Waals surface area (Å²) in [5, 5.41) is 13.9. The fraction of sp³-hybridized carbons (Fsp3) is 0.371. The van der Waals surface area contributed by atoms with Crippen molar-refractivity contribution in [3.63, 3.8) is 0 Å². The SMILES string of the molecule is C=C1CCC(c2nn(C)c3cc(N4CCN(C(C)CCC5CCCCC5)CC4)ccc23)C(=C)N1.C=Cc1nc(N2CCc3cccc(C(=C)Nc4nc5ccccc5s4)c3C2)ccc1-c1cccc(C)c1C. The highest BCUT2D eigenvalue weighted by atomic mass is 32.1. The molecule has 7 aromatic rings. The summed E-state index contributed by atoms with van der Waals surface area (Å²) < 4.78 is 3.21. The molecule has 4 aromatic carbocycles. The molecule has 2 saturated heterocycles. The Balaban J connectivity index is 0.000000167. The van der Waals surface area contributed by atoms with Gasteiger partial charge in [-0.25, -0.2) is 9.97 Å². The molecule has 0 bridgehead atoms. The van der Waals surface area contributed by atoms with Crippen LogP contribution in [0.15, 0.2) is 129 Å². The van der Waals surface area contributed by atoms with Crippen LogP contribution in [0.1, 0.15) is 110 Å². The van der Waals surface area contributed by atoms with E-state index < -0.39 is 0 Å². The minimum Gasteiger partial charge on any atom is -0.369 e. The fourth-order valence-corrected chi connectivity index (χ4v) is 12.6. The number of benzene rings is 4. The zero-order valence-electron chi connectivity index (χ0n) is 43.2. The molecule has 1 saturated carbocycles. The van der Waals surface area contributed by atoms with Crippen molar-refractivity contribution < 1.29 is 0 Å². The predicted octanol–water partition coefficient (Wildman–Crippen LogP) is 14.2. The van der Waals surface area contributed by atoms with Crippen molar-refractivity contribution in [2.75, 3.05) is 47.8 Å². The maximum absolute atomic E-state index is 5.06. The lowest BCUT2D eigenvalue weighted by atomic mass is 9.85. The zero-order chi connectivity index (χ0) is 49.9. The second kappa shape index (κ2) is 21.7. The van der Waals surface area contributed by atoms with Gasteiger partial charge in [0.1, 0.15) is 5.82 Å². The monoisotopic (exact) mass is 976 g/mol. The quantitative estimate of drug-likeness (QED) is 0.125. The maximum Gasteiger partial charge on any atom is 0.188 e. The molecule has 3 fully saturated rings. The van der Waals surface area contributed by atoms with E-state index in [2.05, 4.69) is 157 Å². The van der Waals surface area contributed by atoms with E-state index >= 15 is 0 Å². The van der Waals surface area contributed by atoms with Crippen LogP contribution < -0.4 is 20.4 Å². The lowest BCUT2D eigenvalue weighted by molar-refractivity contribution is 0.175. The van der Waals surface area contributed by atoms with E-state index in [1.54, 1.807) is 11.3 Å². The Bertz CT molecular complexity index is 3090. The summed E-state index contributed by atoms with van der Waals surface area (Å²) in [6, 6.07) is 33.1. The van der Waals surface area contributed by atoms with Crippen LogP contribution in [-0.4, -0.2) is 63.4 Å². The number of hydrogen-bond donors (Lipinski definition) is 2. The first-order valence-corrected chi connectivity index (χ1v) is 27.3. The van der Waals surface area contributed by atoms with E-state index in [4.69, 9.17) is 15.1 Å². The van der Waals surface area contributed by atoms with E-state index in [-0.39, 0.29) is 5.92 Å². The Kier molecular flexibility index (Phi) is 14.8. The molecule has 4 aliphatic rings. The second-order valence-corrected chi connectivity index (χ2v) is 21.8. The number of nitrogens with one attached hydrogen (secondary N) is 2. The topological polar surface area (TPSA) is 77.4 Å². The van der Waals surface area contributed by atoms with Crippen LogP contribution in [0.5, 0.6) is 0 Å². The molecule has 72 heavy (non-hydrogen) atoms. The molecular formula is C62H73N9S. The summed E-state index contributed by atoms with van der Waals surface area (Å²) in [6.07, 6.45) is 14.9. The summed E-state index contributed by atoms with van der Waals surface area (Å²) in [5.41, 5.74) is 17.2. The molecule has 2 N–H and O–H groups in total. The smallest absolute Gasteiger partial charge is 0.188 e. The average molecular weight is 976 g/mol. The molecule has 11 rings (SSSR count). The molecule has 372 valence electrons. The molecule has 6 heterocycles. The number of fused-ring (bicyclic) bond motifs is 3. The van der Waals surface area contributed by atoms with E-state index in [1.807, 2.05) is 24.3 Å². The van der Waals surface area contributed by atoms with Gasteiger partial charge in [0, 0.05) is 97.6 Å². The lowest BCUT2D eigenvalue weighted by Crippen LogP contribution is -2.49. The van der Waals surface area contributed by atoms with Gasteiger partial charge in [-0.2, -0.15) is 5.10 Å². The third-order valence-electron chi connectivity index (χ3n) is 16.2. The lowest BCUT2D eigenvalue weighted by Gasteiger charge is -2.39. The Morgan fingerprint density at radius 2 is 1.65 bits per heavy atom. The molecule has 3 aliphatic heterocycles. The molecule has 10 heteroatoms. The van der Waals surface area contributed by atoms with Gasteiger partial charge in [0.25, 0.3) is 0 Å². The van der Waals surface area contributed by atoms with Crippen molar-refractivity contribution in [2.24, 2.45) is 13.0 Å². The number of piperidine rings is 1. The van der Waals surface area contributed by atoms with Crippen LogP contribution in [0.2, 0.25) is 0 Å². The Morgan fingerprint density at radius 3 is 2.44 bits per heavy atom. The molecule has 9 nitrogen and oxygen atoms in total. The van der Waals surface area contributed by atoms with Crippen LogP contribution in [-0.2, 0) is 20.0 Å². The number of aryl methyl sites for hydroxylation is 2. The number of rotatable bonds is 12. The number of allylic oxidation sites excluding steroid dienone is 2. The maximum atomic E-state index is 5.06. The number of aromatic nitrogens is 4. The third kappa shape index (κ3) is 10.5. The van der Waals surface area contributed by atoms with Crippen molar-refractivity contribution in [3.8, 4) is 11.1 Å². The van der Waals surface area contributed by atoms with Crippen molar-refractivity contribution in [1.29, 1.82) is 0 Å². The van der Waals surface area contributed by atoms with Crippen LogP contribution in [0.4, 0.5) is 16.6 Å². The molecule has 0 radical (unpaired) electrons. The zero-order valence-corrected chi connectivity index (χ0v) is 44.0. The fourth-order valence-electron chi connectivity index (χ4n) is 11.7. The van der Waals surface area contributed by atoms with Gasteiger partial charge in [0.15, 0.2) is 5.13 Å². The van der Waals surface area contributed by atoms with Gasteiger partial charge in [-0.1, -0.05) is 118 Å². The number of hydrogen-bond acceptors (Lipinski definition) is 9. The van der Waals surface area contributed by atoms with Gasteiger partial charge in [-0.3, -0.25) is 9.58 Å². The van der Waals surface area contributed by atoms with Crippen molar-refractivity contribution in [2.45, 2.75) is 103 Å². The molecule has 1 aliphatic carbocycles. The Hall–Kier alpha value is -6.49. The van der Waals surface area contributed by atoms with Crippen LogP contribution in [0.3, 0.4) is 0 Å². The molecular weight excluding hydrogens is 903 g/mol. The van der Waals surface area contributed by atoms with Crippen molar-refractivity contribution >= 4 is 60.9 Å². The van der Waals surface area contributed by atoms with Gasteiger partial charge in [-0.15, -0.1) is 0 Å². The standard InChI is InChI=1S/C33H30N4S.C29H43N5/c1-5-29-27(25-12-8-10-21(2)22(25)3)16-17-32(35-29)37-19-18-24-11-9-13-26(28(24)20-37)23(4)34-33-36-30-14-6-7-15-31(30)38-33;1-21-10-14-26(23(3)30-21)29-27-15-13-25(20-28(27)32(4)31-29)34-18-16-33(17-19-34)22(2)11-12-24-8-6-5-7-9-24/h5-17H,1,4,18-20H2,2-3H3,(H,34,36);13,15,20,22,24,26,30H,1,3,5-12,14,16-19H2,2,4H3. The first kappa shape index (κ1) is 49.1. The van der Waals surface area contributed by atoms with E-state index in [0.717, 1.165) is 125 Å². The number of nitrogens with zero attached hydrogens (tertiary/aromatic N) is 7. The molecule has 2 atom stereocenters. The summed E-state index contributed by atoms with van der Waals surface area (Å²) in [5.74, 6) is 2.21. The normalized spacial score (nSPS) is 18.1. The predicted molar refractivity (Wildman–Crippen MR) is 306 cm³/mol. The second-order valence-electron chi connectivity index (χ2n) is 20.8. The molecule has 2 unspecified atom stereocenters. The van der Waals surface area contributed by atoms with Crippen molar-refractivity contribution in [3.05, 3.63) is 168 Å². The highest BCUT2D eigenvalue weighted by molar-refractivity contribution is 7.22. The summed E-state index contributed by atoms with van der Waals surface area (Å²) in [6.45, 7) is 29.8. The first-order valence-electron chi connectivity index (χ1n) is 26.5. The number of thiazole rings is 1. The summed E-state index contributed by atoms with van der Waals surface area (Å²) >= 11 is 1.65. The van der Waals surface area contributed by atoms with Crippen LogP contribution >= 0.6 is 11.3 Å². The van der Waals surface area contributed by atoms with E-state index in [0.29, 0.717) is 6.04 Å². The number of pyridine rings is 1. The molecule has 0 spiro atoms. The average Bonchev–Trinajstić information content (AvgIpc) is 3.97. The summed E-state index contributed by atoms with van der Waals surface area (Å²) in [7, 11) is 2.07. The van der Waals surface area contributed by atoms with Gasteiger partial charge in [-0.05, 0) is 135 Å². The number of anilines is 3. The van der Waals surface area contributed by atoms with Crippen LogP contribution in [0, 0.1) is 19.8 Å². The van der Waals surface area contributed by atoms with Crippen molar-refractivity contribution in [1.82, 2.24) is 30.0 Å². The summed E-state index contributed by atoms with van der Waals surface area (Å²) in [4.78, 5) is 17.4. The van der Waals surface area contributed by atoms with E-state index in [1.165, 1.54) is 89.4 Å². The molecule has 3 aromatic heterocycles. The van der Waals surface area contributed by atoms with E-state index in [9.17, 15) is 0 Å². The van der Waals surface area contributed by atoms with Gasteiger partial charge < -0.3 is 20.4 Å². The minimum atomic E-state index is 0.249. The third-order valence-corrected chi connectivity index (χ3v) is 17.1. The largest absolute Gasteiger partial charge is 0.369 e. The van der Waals surface area contributed by atoms with Gasteiger partial charge in [0.2, 0.25) is 0 Å². The highest BCUT2D eigenvalue weighted by Crippen LogP contribution is 2.38. The first-order chi connectivity index (χ1) is 35.0.